The van der Waals surface area contributed by atoms with Crippen molar-refractivity contribution in [3.05, 3.63) is 35.8 Å². The molecule has 0 radical (unpaired) electrons. The van der Waals surface area contributed by atoms with Gasteiger partial charge in [0, 0.05) is 37.1 Å². The highest BCUT2D eigenvalue weighted by atomic mass is 19.1. The van der Waals surface area contributed by atoms with Crippen LogP contribution in [0.3, 0.4) is 0 Å². The minimum absolute atomic E-state index is 0.00824. The lowest BCUT2D eigenvalue weighted by Gasteiger charge is -2.22. The molecular weight excluding hydrogens is 393 g/mol. The topological polar surface area (TPSA) is 121 Å². The largest absolute Gasteiger partial charge is 0.461 e. The summed E-state index contributed by atoms with van der Waals surface area (Å²) in [5.74, 6) is -2.03. The minimum atomic E-state index is -1.04. The van der Waals surface area contributed by atoms with Gasteiger partial charge in [-0.15, -0.1) is 0 Å². The highest BCUT2D eigenvalue weighted by molar-refractivity contribution is 6.26. The number of halogens is 1. The normalized spacial score (nSPS) is 13.1. The van der Waals surface area contributed by atoms with Crippen LogP contribution in [-0.2, 0) is 30.3 Å². The number of fused-ring (bicyclic) bond motifs is 1. The number of ether oxygens (including phenoxy) is 2. The third-order valence-corrected chi connectivity index (χ3v) is 4.50. The Morgan fingerprint density at radius 1 is 1.30 bits per heavy atom. The minimum Gasteiger partial charge on any atom is -0.461 e. The van der Waals surface area contributed by atoms with Crippen molar-refractivity contribution >= 4 is 34.8 Å². The molecule has 1 amide bonds. The third kappa shape index (κ3) is 6.21. The van der Waals surface area contributed by atoms with Gasteiger partial charge in [-0.3, -0.25) is 9.59 Å². The molecule has 1 aromatic heterocycles. The maximum Gasteiger partial charge on any atom is 0.328 e. The standard InChI is InChI=1S/C21H26FN3O5/c1-12(2)30-21(28)17(7-5-15(26)10-23)25-20(27)19(29-3)8-13-11-24-18-9-14(22)4-6-16(13)18/h4,6,9-12,17,19,23-24H,5,7-8H2,1-3H3,(H,25,27)/t17-,19-/m0/s1. The lowest BCUT2D eigenvalue weighted by atomic mass is 10.0. The van der Waals surface area contributed by atoms with E-state index in [0.29, 0.717) is 11.7 Å². The van der Waals surface area contributed by atoms with Crippen LogP contribution in [0.25, 0.3) is 10.9 Å². The summed E-state index contributed by atoms with van der Waals surface area (Å²) < 4.78 is 23.9. The quantitative estimate of drug-likeness (QED) is 0.381. The number of H-pyrrole nitrogens is 1. The van der Waals surface area contributed by atoms with Gasteiger partial charge in [0.05, 0.1) is 12.3 Å². The predicted molar refractivity (Wildman–Crippen MR) is 109 cm³/mol. The van der Waals surface area contributed by atoms with Crippen molar-refractivity contribution < 1.29 is 28.2 Å². The van der Waals surface area contributed by atoms with E-state index in [1.807, 2.05) is 0 Å². The monoisotopic (exact) mass is 419 g/mol. The molecule has 30 heavy (non-hydrogen) atoms. The first kappa shape index (κ1) is 23.2. The van der Waals surface area contributed by atoms with E-state index in [9.17, 15) is 18.8 Å². The lowest BCUT2D eigenvalue weighted by molar-refractivity contribution is -0.152. The first-order chi connectivity index (χ1) is 14.2. The molecule has 0 unspecified atom stereocenters. The van der Waals surface area contributed by atoms with Crippen molar-refractivity contribution in [3.63, 3.8) is 0 Å². The SMILES string of the molecule is CO[C@@H](Cc1c[nH]c2cc(F)ccc12)C(=O)N[C@@H](CCC(=O)C=N)C(=O)OC(C)C. The number of nitrogens with one attached hydrogen (secondary N) is 3. The summed E-state index contributed by atoms with van der Waals surface area (Å²) in [6.45, 7) is 3.36. The van der Waals surface area contributed by atoms with E-state index in [0.717, 1.165) is 10.9 Å². The number of amides is 1. The molecule has 0 fully saturated rings. The van der Waals surface area contributed by atoms with Crippen LogP contribution < -0.4 is 5.32 Å². The van der Waals surface area contributed by atoms with Crippen molar-refractivity contribution in [1.29, 1.82) is 5.41 Å². The number of aromatic nitrogens is 1. The number of ketones is 1. The van der Waals surface area contributed by atoms with Gasteiger partial charge >= 0.3 is 5.97 Å². The molecule has 3 N–H and O–H groups in total. The first-order valence-corrected chi connectivity index (χ1v) is 9.57. The zero-order valence-corrected chi connectivity index (χ0v) is 17.2. The van der Waals surface area contributed by atoms with Gasteiger partial charge in [-0.25, -0.2) is 9.18 Å². The van der Waals surface area contributed by atoms with Gasteiger partial charge in [0.2, 0.25) is 5.91 Å². The number of Topliss-reactive ketones (excluding diaryl/α,β-unsaturated/α-hetero) is 1. The van der Waals surface area contributed by atoms with Crippen molar-refractivity contribution in [2.45, 2.75) is 51.4 Å². The summed E-state index contributed by atoms with van der Waals surface area (Å²) in [6.07, 6.45) is 1.17. The molecule has 0 aliphatic rings. The smallest absolute Gasteiger partial charge is 0.328 e. The van der Waals surface area contributed by atoms with Crippen LogP contribution in [0.4, 0.5) is 4.39 Å². The van der Waals surface area contributed by atoms with Crippen LogP contribution in [-0.4, -0.2) is 54.2 Å². The number of methoxy groups -OCH3 is 1. The Kier molecular flexibility index (Phi) is 8.23. The van der Waals surface area contributed by atoms with Gasteiger partial charge in [-0.1, -0.05) is 0 Å². The maximum atomic E-state index is 13.4. The van der Waals surface area contributed by atoms with Crippen molar-refractivity contribution in [2.24, 2.45) is 0 Å². The third-order valence-electron chi connectivity index (χ3n) is 4.50. The Morgan fingerprint density at radius 2 is 2.03 bits per heavy atom. The average molecular weight is 419 g/mol. The van der Waals surface area contributed by atoms with Crippen LogP contribution in [0.1, 0.15) is 32.3 Å². The average Bonchev–Trinajstić information content (AvgIpc) is 3.09. The van der Waals surface area contributed by atoms with Crippen molar-refractivity contribution in [1.82, 2.24) is 10.3 Å². The Bertz CT molecular complexity index is 925. The van der Waals surface area contributed by atoms with Gasteiger partial charge in [-0.2, -0.15) is 0 Å². The molecular formula is C21H26FN3O5. The fraction of sp³-hybridized carbons (Fsp3) is 0.429. The zero-order valence-electron chi connectivity index (χ0n) is 17.2. The molecule has 162 valence electrons. The van der Waals surface area contributed by atoms with E-state index in [1.54, 1.807) is 26.1 Å². The van der Waals surface area contributed by atoms with E-state index >= 15 is 0 Å². The predicted octanol–water partition coefficient (Wildman–Crippen LogP) is 2.30. The van der Waals surface area contributed by atoms with Crippen LogP contribution in [0.15, 0.2) is 24.4 Å². The molecule has 0 saturated heterocycles. The van der Waals surface area contributed by atoms with Gasteiger partial charge < -0.3 is 25.2 Å². The number of aromatic amines is 1. The lowest BCUT2D eigenvalue weighted by Crippen LogP contribution is -2.48. The molecule has 0 spiro atoms. The molecule has 0 aliphatic carbocycles. The highest BCUT2D eigenvalue weighted by Crippen LogP contribution is 2.21. The Labute approximate surface area is 173 Å². The molecule has 2 rings (SSSR count). The van der Waals surface area contributed by atoms with Gasteiger partial charge in [0.25, 0.3) is 0 Å². The Morgan fingerprint density at radius 3 is 2.67 bits per heavy atom. The van der Waals surface area contributed by atoms with Gasteiger partial charge in [0.1, 0.15) is 18.0 Å². The number of esters is 1. The number of benzene rings is 1. The molecule has 9 heteroatoms. The second-order valence-electron chi connectivity index (χ2n) is 7.13. The molecule has 0 saturated carbocycles. The second kappa shape index (κ2) is 10.6. The number of hydrogen-bond donors (Lipinski definition) is 3. The van der Waals surface area contributed by atoms with E-state index < -0.39 is 29.8 Å². The molecule has 0 bridgehead atoms. The fourth-order valence-corrected chi connectivity index (χ4v) is 3.00. The molecule has 1 heterocycles. The van der Waals surface area contributed by atoms with E-state index in [-0.39, 0.29) is 31.2 Å². The molecule has 0 aliphatic heterocycles. The summed E-state index contributed by atoms with van der Waals surface area (Å²) in [7, 11) is 1.37. The molecule has 1 aromatic carbocycles. The summed E-state index contributed by atoms with van der Waals surface area (Å²) in [5.41, 5.74) is 1.36. The Balaban J connectivity index is 2.12. The van der Waals surface area contributed by atoms with Crippen molar-refractivity contribution in [2.75, 3.05) is 7.11 Å². The fourth-order valence-electron chi connectivity index (χ4n) is 3.00. The number of carbonyl (C=O) groups is 3. The van der Waals surface area contributed by atoms with Crippen molar-refractivity contribution in [3.8, 4) is 0 Å². The zero-order chi connectivity index (χ0) is 22.3. The van der Waals surface area contributed by atoms with E-state index in [4.69, 9.17) is 14.9 Å². The molecule has 2 atom stereocenters. The van der Waals surface area contributed by atoms with E-state index in [2.05, 4.69) is 10.3 Å². The number of rotatable bonds is 11. The van der Waals surface area contributed by atoms with Gasteiger partial charge in [0.15, 0.2) is 5.78 Å². The highest BCUT2D eigenvalue weighted by Gasteiger charge is 2.28. The van der Waals surface area contributed by atoms with Crippen LogP contribution >= 0.6 is 0 Å². The maximum absolute atomic E-state index is 13.4. The summed E-state index contributed by atoms with van der Waals surface area (Å²) in [6, 6.07) is 3.27. The summed E-state index contributed by atoms with van der Waals surface area (Å²) in [5, 5.41) is 10.3. The first-order valence-electron chi connectivity index (χ1n) is 9.57. The Hall–Kier alpha value is -3.07. The molecule has 8 nitrogen and oxygen atoms in total. The summed E-state index contributed by atoms with van der Waals surface area (Å²) in [4.78, 5) is 39.5. The number of hydrogen-bond acceptors (Lipinski definition) is 6. The molecule has 2 aromatic rings. The van der Waals surface area contributed by atoms with Crippen LogP contribution in [0.2, 0.25) is 0 Å². The van der Waals surface area contributed by atoms with Crippen LogP contribution in [0.5, 0.6) is 0 Å². The van der Waals surface area contributed by atoms with Gasteiger partial charge in [-0.05, 0) is 44.0 Å². The van der Waals surface area contributed by atoms with E-state index in [1.165, 1.54) is 19.2 Å². The number of carbonyl (C=O) groups excluding carboxylic acids is 3. The van der Waals surface area contributed by atoms with Crippen LogP contribution in [0, 0.1) is 11.2 Å². The second-order valence-corrected chi connectivity index (χ2v) is 7.13. The summed E-state index contributed by atoms with van der Waals surface area (Å²) >= 11 is 0.